The number of esters is 1. The van der Waals surface area contributed by atoms with Crippen molar-refractivity contribution in [1.29, 1.82) is 0 Å². The van der Waals surface area contributed by atoms with Crippen LogP contribution in [-0.4, -0.2) is 27.2 Å². The summed E-state index contributed by atoms with van der Waals surface area (Å²) in [5.41, 5.74) is 1.64. The number of rotatable bonds is 5. The van der Waals surface area contributed by atoms with E-state index < -0.39 is 28.0 Å². The van der Waals surface area contributed by atoms with E-state index in [2.05, 4.69) is 9.46 Å². The lowest BCUT2D eigenvalue weighted by molar-refractivity contribution is -0.144. The molecule has 2 rings (SSSR count). The first-order valence-electron chi connectivity index (χ1n) is 7.18. The molecule has 22 heavy (non-hydrogen) atoms. The number of sulfonamides is 1. The number of carbonyl (C=O) groups is 1. The number of ether oxygens (including phenoxy) is 1. The van der Waals surface area contributed by atoms with Crippen molar-refractivity contribution in [3.05, 3.63) is 35.1 Å². The van der Waals surface area contributed by atoms with Crippen LogP contribution in [0.3, 0.4) is 0 Å². The maximum absolute atomic E-state index is 13.4. The van der Waals surface area contributed by atoms with Crippen molar-refractivity contribution in [2.24, 2.45) is 5.92 Å². The first-order valence-corrected chi connectivity index (χ1v) is 8.84. The number of hydrogen-bond donors (Lipinski definition) is 1. The van der Waals surface area contributed by atoms with E-state index in [-0.39, 0.29) is 11.6 Å². The zero-order chi connectivity index (χ0) is 16.3. The minimum absolute atomic E-state index is 0.346. The summed E-state index contributed by atoms with van der Waals surface area (Å²) in [5.74, 6) is -2.05. The molecule has 0 saturated carbocycles. The van der Waals surface area contributed by atoms with Gasteiger partial charge in [-0.1, -0.05) is 13.0 Å². The van der Waals surface area contributed by atoms with Gasteiger partial charge in [-0.3, -0.25) is 4.79 Å². The Morgan fingerprint density at radius 1 is 1.50 bits per heavy atom. The normalized spacial score (nSPS) is 19.3. The third-order valence-electron chi connectivity index (χ3n) is 3.82. The molecular formula is C15H20FNO4S. The lowest BCUT2D eigenvalue weighted by Gasteiger charge is -2.26. The summed E-state index contributed by atoms with van der Waals surface area (Å²) >= 11 is 0. The molecule has 0 radical (unpaired) electrons. The van der Waals surface area contributed by atoms with Gasteiger partial charge in [-0.05, 0) is 42.5 Å². The Morgan fingerprint density at radius 2 is 2.23 bits per heavy atom. The van der Waals surface area contributed by atoms with Crippen molar-refractivity contribution >= 4 is 16.0 Å². The monoisotopic (exact) mass is 329 g/mol. The van der Waals surface area contributed by atoms with Crippen LogP contribution in [0, 0.1) is 11.7 Å². The maximum atomic E-state index is 13.4. The first kappa shape index (κ1) is 16.9. The molecule has 0 heterocycles. The zero-order valence-corrected chi connectivity index (χ0v) is 13.5. The van der Waals surface area contributed by atoms with Crippen LogP contribution in [0.25, 0.3) is 0 Å². The molecule has 0 saturated heterocycles. The van der Waals surface area contributed by atoms with Crippen LogP contribution in [0.2, 0.25) is 0 Å². The van der Waals surface area contributed by atoms with E-state index >= 15 is 0 Å². The number of benzene rings is 1. The number of methoxy groups -OCH3 is 1. The summed E-state index contributed by atoms with van der Waals surface area (Å²) in [6.07, 6.45) is 2.26. The van der Waals surface area contributed by atoms with Crippen LogP contribution < -0.4 is 4.72 Å². The molecule has 0 aromatic heterocycles. The van der Waals surface area contributed by atoms with E-state index in [9.17, 15) is 17.6 Å². The average molecular weight is 329 g/mol. The van der Waals surface area contributed by atoms with Crippen LogP contribution in [0.1, 0.15) is 36.9 Å². The third kappa shape index (κ3) is 4.04. The highest BCUT2D eigenvalue weighted by molar-refractivity contribution is 7.89. The van der Waals surface area contributed by atoms with E-state index in [1.165, 1.54) is 26.2 Å². The summed E-state index contributed by atoms with van der Waals surface area (Å²) in [4.78, 5) is 11.4. The lowest BCUT2D eigenvalue weighted by Crippen LogP contribution is -2.36. The topological polar surface area (TPSA) is 72.5 Å². The van der Waals surface area contributed by atoms with Crippen molar-refractivity contribution in [3.63, 3.8) is 0 Å². The summed E-state index contributed by atoms with van der Waals surface area (Å²) < 4.78 is 45.0. The molecule has 0 fully saturated rings. The number of carbonyl (C=O) groups excluding carboxylic acids is 1. The average Bonchev–Trinajstić information content (AvgIpc) is 2.46. The summed E-state index contributed by atoms with van der Waals surface area (Å²) in [6, 6.07) is 4.01. The second-order valence-electron chi connectivity index (χ2n) is 5.61. The molecular weight excluding hydrogens is 309 g/mol. The molecule has 1 N–H and O–H groups in total. The van der Waals surface area contributed by atoms with Crippen molar-refractivity contribution in [1.82, 2.24) is 4.72 Å². The number of nitrogens with one attached hydrogen (secondary N) is 1. The molecule has 2 atom stereocenters. The molecule has 1 aliphatic rings. The fourth-order valence-electron chi connectivity index (χ4n) is 2.76. The summed E-state index contributed by atoms with van der Waals surface area (Å²) in [6.45, 7) is 1.50. The first-order chi connectivity index (χ1) is 10.3. The minimum atomic E-state index is -3.66. The Labute approximate surface area is 129 Å². The Morgan fingerprint density at radius 3 is 2.91 bits per heavy atom. The molecule has 0 aliphatic heterocycles. The van der Waals surface area contributed by atoms with Gasteiger partial charge >= 0.3 is 5.97 Å². The fourth-order valence-corrected chi connectivity index (χ4v) is 4.32. The SMILES string of the molecule is COC(=O)[C@H](C)CS(=O)(=O)N[C@H]1CCCc2ccc(F)cc21. The Bertz CT molecular complexity index is 660. The van der Waals surface area contributed by atoms with Gasteiger partial charge in [0, 0.05) is 6.04 Å². The molecule has 0 unspecified atom stereocenters. The summed E-state index contributed by atoms with van der Waals surface area (Å²) in [7, 11) is -2.44. The van der Waals surface area contributed by atoms with Gasteiger partial charge in [0.05, 0.1) is 18.8 Å². The molecule has 7 heteroatoms. The minimum Gasteiger partial charge on any atom is -0.469 e. The van der Waals surface area contributed by atoms with Crippen LogP contribution in [0.4, 0.5) is 4.39 Å². The number of halogens is 1. The standard InChI is InChI=1S/C15H20FNO4S/c1-10(15(18)21-2)9-22(19,20)17-14-5-3-4-11-6-7-12(16)8-13(11)14/h6-8,10,14,17H,3-5,9H2,1-2H3/t10-,14+/m1/s1. The van der Waals surface area contributed by atoms with Gasteiger partial charge in [-0.15, -0.1) is 0 Å². The number of hydrogen-bond acceptors (Lipinski definition) is 4. The Kier molecular flexibility index (Phi) is 5.18. The summed E-state index contributed by atoms with van der Waals surface area (Å²) in [5, 5.41) is 0. The van der Waals surface area contributed by atoms with Gasteiger partial charge in [0.15, 0.2) is 0 Å². The van der Waals surface area contributed by atoms with Crippen molar-refractivity contribution < 1.29 is 22.3 Å². The largest absolute Gasteiger partial charge is 0.469 e. The van der Waals surface area contributed by atoms with Gasteiger partial charge in [-0.2, -0.15) is 0 Å². The smallest absolute Gasteiger partial charge is 0.309 e. The van der Waals surface area contributed by atoms with Crippen molar-refractivity contribution in [3.8, 4) is 0 Å². The third-order valence-corrected chi connectivity index (χ3v) is 5.40. The highest BCUT2D eigenvalue weighted by atomic mass is 32.2. The van der Waals surface area contributed by atoms with Gasteiger partial charge in [0.1, 0.15) is 5.82 Å². The molecule has 0 bridgehead atoms. The Hall–Kier alpha value is -1.47. The lowest BCUT2D eigenvalue weighted by atomic mass is 9.88. The van der Waals surface area contributed by atoms with Gasteiger partial charge in [0.2, 0.25) is 10.0 Å². The molecule has 5 nitrogen and oxygen atoms in total. The quantitative estimate of drug-likeness (QED) is 0.838. The fraction of sp³-hybridized carbons (Fsp3) is 0.533. The molecule has 1 aromatic carbocycles. The van der Waals surface area contributed by atoms with Crippen LogP contribution in [0.15, 0.2) is 18.2 Å². The van der Waals surface area contributed by atoms with Crippen LogP contribution in [-0.2, 0) is 26.0 Å². The number of fused-ring (bicyclic) bond motifs is 1. The molecule has 0 spiro atoms. The van der Waals surface area contributed by atoms with Crippen molar-refractivity contribution in [2.75, 3.05) is 12.9 Å². The van der Waals surface area contributed by atoms with Crippen molar-refractivity contribution in [2.45, 2.75) is 32.2 Å². The van der Waals surface area contributed by atoms with Crippen LogP contribution in [0.5, 0.6) is 0 Å². The van der Waals surface area contributed by atoms with E-state index in [0.717, 1.165) is 18.4 Å². The second kappa shape index (κ2) is 6.75. The number of aryl methyl sites for hydroxylation is 1. The molecule has 1 aromatic rings. The maximum Gasteiger partial charge on any atom is 0.309 e. The van der Waals surface area contributed by atoms with E-state index in [1.54, 1.807) is 6.07 Å². The van der Waals surface area contributed by atoms with E-state index in [4.69, 9.17) is 0 Å². The van der Waals surface area contributed by atoms with Crippen LogP contribution >= 0.6 is 0 Å². The van der Waals surface area contributed by atoms with E-state index in [0.29, 0.717) is 12.0 Å². The van der Waals surface area contributed by atoms with Gasteiger partial charge in [-0.25, -0.2) is 17.5 Å². The highest BCUT2D eigenvalue weighted by Crippen LogP contribution is 2.31. The second-order valence-corrected chi connectivity index (χ2v) is 7.41. The van der Waals surface area contributed by atoms with Gasteiger partial charge in [0.25, 0.3) is 0 Å². The molecule has 0 amide bonds. The molecule has 122 valence electrons. The molecule has 1 aliphatic carbocycles. The Balaban J connectivity index is 2.14. The predicted molar refractivity (Wildman–Crippen MR) is 80.2 cm³/mol. The highest BCUT2D eigenvalue weighted by Gasteiger charge is 2.28. The zero-order valence-electron chi connectivity index (χ0n) is 12.6. The van der Waals surface area contributed by atoms with Gasteiger partial charge < -0.3 is 4.74 Å². The predicted octanol–water partition coefficient (Wildman–Crippen LogP) is 1.93. The van der Waals surface area contributed by atoms with E-state index in [1.807, 2.05) is 0 Å².